The van der Waals surface area contributed by atoms with Gasteiger partial charge < -0.3 is 9.84 Å². The van der Waals surface area contributed by atoms with Crippen molar-refractivity contribution in [3.8, 4) is 0 Å². The first-order valence-corrected chi connectivity index (χ1v) is 10.2. The van der Waals surface area contributed by atoms with Crippen molar-refractivity contribution in [3.05, 3.63) is 41.5 Å². The summed E-state index contributed by atoms with van der Waals surface area (Å²) in [6.45, 7) is 8.49. The van der Waals surface area contributed by atoms with Crippen molar-refractivity contribution < 1.29 is 12.9 Å². The summed E-state index contributed by atoms with van der Waals surface area (Å²) < 4.78 is 32.5. The van der Waals surface area contributed by atoms with E-state index in [9.17, 15) is 8.42 Å². The summed E-state index contributed by atoms with van der Waals surface area (Å²) in [4.78, 5) is 4.53. The number of nitrogens with one attached hydrogen (secondary N) is 2. The molecule has 0 saturated carbocycles. The molecular formula is C18H28N4O3S. The molecule has 0 aliphatic carbocycles. The minimum absolute atomic E-state index is 0.0177. The Morgan fingerprint density at radius 2 is 1.85 bits per heavy atom. The van der Waals surface area contributed by atoms with Crippen LogP contribution in [-0.4, -0.2) is 38.2 Å². The van der Waals surface area contributed by atoms with E-state index in [4.69, 9.17) is 4.52 Å². The van der Waals surface area contributed by atoms with Crippen LogP contribution in [0.15, 0.2) is 33.7 Å². The maximum absolute atomic E-state index is 12.4. The summed E-state index contributed by atoms with van der Waals surface area (Å²) in [6.07, 6.45) is 1.01. The van der Waals surface area contributed by atoms with E-state index in [1.54, 1.807) is 12.1 Å². The molecule has 2 N–H and O–H groups in total. The summed E-state index contributed by atoms with van der Waals surface area (Å²) in [5.41, 5.74) is 1.07. The van der Waals surface area contributed by atoms with Crippen molar-refractivity contribution in [3.63, 3.8) is 0 Å². The quantitative estimate of drug-likeness (QED) is 0.727. The van der Waals surface area contributed by atoms with Gasteiger partial charge in [0, 0.05) is 25.4 Å². The first-order valence-electron chi connectivity index (χ1n) is 8.71. The number of rotatable bonds is 8. The number of likely N-dealkylation sites (N-methyl/N-ethyl adjacent to an activating group) is 1. The van der Waals surface area contributed by atoms with Crippen LogP contribution in [0.3, 0.4) is 0 Å². The zero-order valence-corrected chi connectivity index (χ0v) is 16.9. The number of nitrogens with zero attached hydrogens (tertiary/aromatic N) is 2. The smallest absolute Gasteiger partial charge is 0.240 e. The van der Waals surface area contributed by atoms with E-state index >= 15 is 0 Å². The third-order valence-corrected chi connectivity index (χ3v) is 5.63. The molecule has 1 atom stereocenters. The molecule has 0 fully saturated rings. The van der Waals surface area contributed by atoms with Gasteiger partial charge in [-0.25, -0.2) is 13.1 Å². The van der Waals surface area contributed by atoms with Gasteiger partial charge in [0.2, 0.25) is 15.9 Å². The minimum Gasteiger partial charge on any atom is -0.339 e. The first kappa shape index (κ1) is 20.5. The minimum atomic E-state index is -3.56. The van der Waals surface area contributed by atoms with Gasteiger partial charge in [0.1, 0.15) is 0 Å². The van der Waals surface area contributed by atoms with Gasteiger partial charge in [-0.1, -0.05) is 38.1 Å². The predicted molar refractivity (Wildman–Crippen MR) is 101 cm³/mol. The van der Waals surface area contributed by atoms with E-state index in [1.807, 2.05) is 26.1 Å². The lowest BCUT2D eigenvalue weighted by Gasteiger charge is -2.19. The van der Waals surface area contributed by atoms with E-state index in [2.05, 4.69) is 41.0 Å². The largest absolute Gasteiger partial charge is 0.339 e. The lowest BCUT2D eigenvalue weighted by atomic mass is 9.87. The molecule has 1 unspecified atom stereocenters. The van der Waals surface area contributed by atoms with Crippen LogP contribution in [0.25, 0.3) is 0 Å². The third kappa shape index (κ3) is 5.62. The molecule has 0 spiro atoms. The van der Waals surface area contributed by atoms with Crippen LogP contribution in [0, 0.1) is 0 Å². The Bertz CT molecular complexity index is 808. The third-order valence-electron chi connectivity index (χ3n) is 4.15. The van der Waals surface area contributed by atoms with Gasteiger partial charge in [0.15, 0.2) is 5.82 Å². The molecule has 8 heteroatoms. The zero-order chi connectivity index (χ0) is 19.4. The second-order valence-corrected chi connectivity index (χ2v) is 9.19. The standard InChI is InChI=1S/C18H28N4O3S/c1-13(19-5)12-16-21-17(25-22-16)10-11-20-26(23,24)15-8-6-14(7-9-15)18(2,3)4/h6-9,13,19-20H,10-12H2,1-5H3. The van der Waals surface area contributed by atoms with Crippen LogP contribution in [0.1, 0.15) is 45.0 Å². The van der Waals surface area contributed by atoms with E-state index in [0.29, 0.717) is 24.6 Å². The number of aromatic nitrogens is 2. The highest BCUT2D eigenvalue weighted by molar-refractivity contribution is 7.89. The Kier molecular flexibility index (Phi) is 6.54. The van der Waals surface area contributed by atoms with Crippen LogP contribution < -0.4 is 10.0 Å². The molecule has 1 heterocycles. The maximum atomic E-state index is 12.4. The normalized spacial score (nSPS) is 13.7. The summed E-state index contributed by atoms with van der Waals surface area (Å²) in [5, 5.41) is 7.01. The number of sulfonamides is 1. The van der Waals surface area contributed by atoms with Crippen LogP contribution in [-0.2, 0) is 28.3 Å². The molecule has 0 amide bonds. The fourth-order valence-corrected chi connectivity index (χ4v) is 3.39. The molecule has 0 saturated heterocycles. The molecule has 2 rings (SSSR count). The predicted octanol–water partition coefficient (Wildman–Crippen LogP) is 2.04. The average molecular weight is 381 g/mol. The van der Waals surface area contributed by atoms with Gasteiger partial charge in [-0.2, -0.15) is 4.98 Å². The SMILES string of the molecule is CNC(C)Cc1noc(CCNS(=O)(=O)c2ccc(C(C)(C)C)cc2)n1. The molecule has 0 bridgehead atoms. The highest BCUT2D eigenvalue weighted by Crippen LogP contribution is 2.23. The van der Waals surface area contributed by atoms with Crippen LogP contribution in [0.2, 0.25) is 0 Å². The topological polar surface area (TPSA) is 97.1 Å². The molecule has 7 nitrogen and oxygen atoms in total. The molecule has 1 aromatic heterocycles. The van der Waals surface area contributed by atoms with Crippen molar-refractivity contribution in [2.75, 3.05) is 13.6 Å². The Morgan fingerprint density at radius 1 is 1.19 bits per heavy atom. The lowest BCUT2D eigenvalue weighted by Crippen LogP contribution is -2.26. The fraction of sp³-hybridized carbons (Fsp3) is 0.556. The second kappa shape index (κ2) is 8.28. The van der Waals surface area contributed by atoms with Crippen LogP contribution in [0.4, 0.5) is 0 Å². The van der Waals surface area contributed by atoms with Gasteiger partial charge in [-0.3, -0.25) is 0 Å². The van der Waals surface area contributed by atoms with Crippen LogP contribution >= 0.6 is 0 Å². The van der Waals surface area contributed by atoms with Crippen molar-refractivity contribution in [2.45, 2.75) is 56.9 Å². The average Bonchev–Trinajstić information content (AvgIpc) is 3.01. The van der Waals surface area contributed by atoms with Gasteiger partial charge in [0.25, 0.3) is 0 Å². The van der Waals surface area contributed by atoms with E-state index in [-0.39, 0.29) is 22.9 Å². The molecule has 0 aliphatic rings. The molecule has 144 valence electrons. The summed E-state index contributed by atoms with van der Waals surface area (Å²) in [6, 6.07) is 7.21. The van der Waals surface area contributed by atoms with Gasteiger partial charge >= 0.3 is 0 Å². The van der Waals surface area contributed by atoms with Crippen molar-refractivity contribution >= 4 is 10.0 Å². The summed E-state index contributed by atoms with van der Waals surface area (Å²) in [5.74, 6) is 1.04. The molecular weight excluding hydrogens is 352 g/mol. The zero-order valence-electron chi connectivity index (χ0n) is 16.0. The molecule has 26 heavy (non-hydrogen) atoms. The van der Waals surface area contributed by atoms with E-state index in [1.165, 1.54) is 0 Å². The monoisotopic (exact) mass is 380 g/mol. The molecule has 1 aromatic carbocycles. The van der Waals surface area contributed by atoms with Crippen molar-refractivity contribution in [2.24, 2.45) is 0 Å². The van der Waals surface area contributed by atoms with Gasteiger partial charge in [-0.15, -0.1) is 0 Å². The van der Waals surface area contributed by atoms with E-state index in [0.717, 1.165) is 5.56 Å². The van der Waals surface area contributed by atoms with Gasteiger partial charge in [-0.05, 0) is 37.1 Å². The molecule has 2 aromatic rings. The highest BCUT2D eigenvalue weighted by atomic mass is 32.2. The lowest BCUT2D eigenvalue weighted by molar-refractivity contribution is 0.371. The Labute approximate surface area is 155 Å². The Balaban J connectivity index is 1.92. The second-order valence-electron chi connectivity index (χ2n) is 7.42. The van der Waals surface area contributed by atoms with Gasteiger partial charge in [0.05, 0.1) is 4.90 Å². The Morgan fingerprint density at radius 3 is 2.42 bits per heavy atom. The molecule has 0 radical (unpaired) electrons. The van der Waals surface area contributed by atoms with E-state index < -0.39 is 10.0 Å². The first-order chi connectivity index (χ1) is 12.1. The highest BCUT2D eigenvalue weighted by Gasteiger charge is 2.18. The van der Waals surface area contributed by atoms with Crippen molar-refractivity contribution in [1.82, 2.24) is 20.2 Å². The van der Waals surface area contributed by atoms with Crippen molar-refractivity contribution in [1.29, 1.82) is 0 Å². The number of hydrogen-bond acceptors (Lipinski definition) is 6. The maximum Gasteiger partial charge on any atom is 0.240 e. The Hall–Kier alpha value is -1.77. The summed E-state index contributed by atoms with van der Waals surface area (Å²) in [7, 11) is -1.69. The number of benzene rings is 1. The van der Waals surface area contributed by atoms with Crippen LogP contribution in [0.5, 0.6) is 0 Å². The molecule has 0 aliphatic heterocycles. The summed E-state index contributed by atoms with van der Waals surface area (Å²) >= 11 is 0. The fourth-order valence-electron chi connectivity index (χ4n) is 2.36. The number of hydrogen-bond donors (Lipinski definition) is 2.